The molecule has 2 aromatic carbocycles. The number of amides is 1. The zero-order valence-electron chi connectivity index (χ0n) is 15.7. The highest BCUT2D eigenvalue weighted by Crippen LogP contribution is 2.20. The van der Waals surface area contributed by atoms with Crippen LogP contribution in [0.1, 0.15) is 30.3 Å². The largest absolute Gasteiger partial charge is 0.325 e. The van der Waals surface area contributed by atoms with Crippen LogP contribution in [0.5, 0.6) is 0 Å². The molecule has 0 unspecified atom stereocenters. The van der Waals surface area contributed by atoms with Gasteiger partial charge in [-0.25, -0.2) is 0 Å². The van der Waals surface area contributed by atoms with Crippen molar-refractivity contribution in [1.82, 2.24) is 14.8 Å². The lowest BCUT2D eigenvalue weighted by Crippen LogP contribution is -2.15. The summed E-state index contributed by atoms with van der Waals surface area (Å²) in [6, 6.07) is 18.0. The van der Waals surface area contributed by atoms with E-state index in [1.54, 1.807) is 0 Å². The van der Waals surface area contributed by atoms with E-state index in [-0.39, 0.29) is 5.91 Å². The van der Waals surface area contributed by atoms with Crippen LogP contribution in [0.2, 0.25) is 0 Å². The lowest BCUT2D eigenvalue weighted by Gasteiger charge is -2.09. The number of hydrogen-bond acceptors (Lipinski definition) is 4. The summed E-state index contributed by atoms with van der Waals surface area (Å²) in [7, 11) is 0. The van der Waals surface area contributed by atoms with Crippen molar-refractivity contribution in [2.24, 2.45) is 0 Å². The molecule has 0 aliphatic rings. The quantitative estimate of drug-likeness (QED) is 0.591. The van der Waals surface area contributed by atoms with Crippen LogP contribution in [0.15, 0.2) is 59.8 Å². The summed E-state index contributed by atoms with van der Waals surface area (Å²) in [5.74, 6) is 1.20. The van der Waals surface area contributed by atoms with Gasteiger partial charge in [0.05, 0.1) is 5.75 Å². The van der Waals surface area contributed by atoms with E-state index < -0.39 is 0 Å². The molecule has 1 N–H and O–H groups in total. The number of hydrogen-bond donors (Lipinski definition) is 1. The van der Waals surface area contributed by atoms with Crippen molar-refractivity contribution in [3.8, 4) is 0 Å². The van der Waals surface area contributed by atoms with E-state index in [4.69, 9.17) is 0 Å². The summed E-state index contributed by atoms with van der Waals surface area (Å²) in [5, 5.41) is 12.4. The number of carbonyl (C=O) groups excluding carboxylic acids is 1. The van der Waals surface area contributed by atoms with Gasteiger partial charge in [-0.05, 0) is 36.6 Å². The van der Waals surface area contributed by atoms with Crippen LogP contribution in [0.4, 0.5) is 5.69 Å². The van der Waals surface area contributed by atoms with Crippen LogP contribution in [-0.4, -0.2) is 26.4 Å². The molecule has 1 heterocycles. The second kappa shape index (κ2) is 9.37. The number of benzene rings is 2. The maximum atomic E-state index is 12.3. The number of thioether (sulfide) groups is 1. The van der Waals surface area contributed by atoms with Crippen molar-refractivity contribution in [3.05, 3.63) is 71.5 Å². The van der Waals surface area contributed by atoms with Crippen LogP contribution >= 0.6 is 11.8 Å². The molecule has 1 aromatic heterocycles. The molecule has 0 radical (unpaired) electrons. The van der Waals surface area contributed by atoms with Gasteiger partial charge in [0.2, 0.25) is 5.91 Å². The summed E-state index contributed by atoms with van der Waals surface area (Å²) in [6.07, 6.45) is 1.73. The molecule has 0 spiro atoms. The molecule has 3 aromatic rings. The first-order valence-corrected chi connectivity index (χ1v) is 10.1. The molecule has 5 nitrogen and oxygen atoms in total. The Morgan fingerprint density at radius 1 is 1.11 bits per heavy atom. The molecule has 140 valence electrons. The number of rotatable bonds is 8. The molecule has 0 fully saturated rings. The molecule has 3 rings (SSSR count). The van der Waals surface area contributed by atoms with E-state index in [0.29, 0.717) is 5.75 Å². The van der Waals surface area contributed by atoms with Gasteiger partial charge in [0.15, 0.2) is 5.16 Å². The maximum absolute atomic E-state index is 12.3. The molecule has 0 atom stereocenters. The SMILES string of the molecule is CCCn1c(Cc2ccccc2)nnc1SCC(=O)Nc1cccc(C)c1. The van der Waals surface area contributed by atoms with Crippen LogP contribution in [0.25, 0.3) is 0 Å². The number of aryl methyl sites for hydroxylation is 1. The Morgan fingerprint density at radius 3 is 2.67 bits per heavy atom. The van der Waals surface area contributed by atoms with Gasteiger partial charge in [-0.15, -0.1) is 10.2 Å². The Balaban J connectivity index is 1.64. The number of anilines is 1. The number of aromatic nitrogens is 3. The van der Waals surface area contributed by atoms with Crippen molar-refractivity contribution in [2.75, 3.05) is 11.1 Å². The molecule has 27 heavy (non-hydrogen) atoms. The monoisotopic (exact) mass is 380 g/mol. The average molecular weight is 381 g/mol. The molecule has 0 aliphatic carbocycles. The Labute approximate surface area is 164 Å². The minimum atomic E-state index is -0.0405. The smallest absolute Gasteiger partial charge is 0.234 e. The van der Waals surface area contributed by atoms with E-state index in [0.717, 1.165) is 41.6 Å². The highest BCUT2D eigenvalue weighted by Gasteiger charge is 2.14. The minimum absolute atomic E-state index is 0.0405. The zero-order chi connectivity index (χ0) is 19.1. The van der Waals surface area contributed by atoms with Crippen LogP contribution < -0.4 is 5.32 Å². The first-order valence-electron chi connectivity index (χ1n) is 9.11. The first-order chi connectivity index (χ1) is 13.2. The third kappa shape index (κ3) is 5.44. The lowest BCUT2D eigenvalue weighted by atomic mass is 10.1. The molecular formula is C21H24N4OS. The Morgan fingerprint density at radius 2 is 1.93 bits per heavy atom. The fourth-order valence-corrected chi connectivity index (χ4v) is 3.62. The summed E-state index contributed by atoms with van der Waals surface area (Å²) < 4.78 is 2.12. The minimum Gasteiger partial charge on any atom is -0.325 e. The van der Waals surface area contributed by atoms with E-state index in [2.05, 4.69) is 39.1 Å². The summed E-state index contributed by atoms with van der Waals surface area (Å²) in [6.45, 7) is 4.98. The predicted octanol–water partition coefficient (Wildman–Crippen LogP) is 4.32. The summed E-state index contributed by atoms with van der Waals surface area (Å²) in [4.78, 5) is 12.3. The van der Waals surface area contributed by atoms with Gasteiger partial charge in [0, 0.05) is 18.7 Å². The Bertz CT molecular complexity index is 892. The highest BCUT2D eigenvalue weighted by atomic mass is 32.2. The van der Waals surface area contributed by atoms with E-state index in [1.165, 1.54) is 17.3 Å². The normalized spacial score (nSPS) is 10.7. The third-order valence-corrected chi connectivity index (χ3v) is 5.05. The van der Waals surface area contributed by atoms with Crippen molar-refractivity contribution in [1.29, 1.82) is 0 Å². The van der Waals surface area contributed by atoms with Crippen LogP contribution in [0.3, 0.4) is 0 Å². The van der Waals surface area contributed by atoms with E-state index in [9.17, 15) is 4.79 Å². The second-order valence-corrected chi connectivity index (χ2v) is 7.36. The van der Waals surface area contributed by atoms with Gasteiger partial charge in [-0.3, -0.25) is 4.79 Å². The molecular weight excluding hydrogens is 356 g/mol. The van der Waals surface area contributed by atoms with Crippen LogP contribution in [-0.2, 0) is 17.8 Å². The standard InChI is InChI=1S/C21H24N4OS/c1-3-12-25-19(14-17-9-5-4-6-10-17)23-24-21(25)27-15-20(26)22-18-11-7-8-16(2)13-18/h4-11,13H,3,12,14-15H2,1-2H3,(H,22,26). The van der Waals surface area contributed by atoms with E-state index in [1.807, 2.05) is 49.4 Å². The topological polar surface area (TPSA) is 59.8 Å². The number of carbonyl (C=O) groups is 1. The lowest BCUT2D eigenvalue weighted by molar-refractivity contribution is -0.113. The summed E-state index contributed by atoms with van der Waals surface area (Å²) in [5.41, 5.74) is 3.14. The van der Waals surface area contributed by atoms with E-state index >= 15 is 0 Å². The van der Waals surface area contributed by atoms with Crippen molar-refractivity contribution in [2.45, 2.75) is 38.4 Å². The molecule has 0 saturated heterocycles. The van der Waals surface area contributed by atoms with Crippen LogP contribution in [0, 0.1) is 6.92 Å². The average Bonchev–Trinajstić information content (AvgIpc) is 3.03. The fraction of sp³-hybridized carbons (Fsp3) is 0.286. The molecule has 0 saturated carbocycles. The van der Waals surface area contributed by atoms with Gasteiger partial charge in [-0.1, -0.05) is 61.2 Å². The van der Waals surface area contributed by atoms with Gasteiger partial charge < -0.3 is 9.88 Å². The van der Waals surface area contributed by atoms with Crippen molar-refractivity contribution in [3.63, 3.8) is 0 Å². The molecule has 1 amide bonds. The van der Waals surface area contributed by atoms with Gasteiger partial charge in [-0.2, -0.15) is 0 Å². The maximum Gasteiger partial charge on any atom is 0.234 e. The van der Waals surface area contributed by atoms with Crippen molar-refractivity contribution < 1.29 is 4.79 Å². The molecule has 0 bridgehead atoms. The fourth-order valence-electron chi connectivity index (χ4n) is 2.83. The Kier molecular flexibility index (Phi) is 6.65. The van der Waals surface area contributed by atoms with Gasteiger partial charge >= 0.3 is 0 Å². The van der Waals surface area contributed by atoms with Crippen molar-refractivity contribution >= 4 is 23.4 Å². The summed E-state index contributed by atoms with van der Waals surface area (Å²) >= 11 is 1.43. The number of nitrogens with zero attached hydrogens (tertiary/aromatic N) is 3. The molecule has 0 aliphatic heterocycles. The Hall–Kier alpha value is -2.60. The van der Waals surface area contributed by atoms with Gasteiger partial charge in [0.25, 0.3) is 0 Å². The third-order valence-electron chi connectivity index (χ3n) is 4.08. The highest BCUT2D eigenvalue weighted by molar-refractivity contribution is 7.99. The predicted molar refractivity (Wildman–Crippen MR) is 110 cm³/mol. The number of nitrogens with one attached hydrogen (secondary N) is 1. The zero-order valence-corrected chi connectivity index (χ0v) is 16.5. The molecule has 6 heteroatoms. The van der Waals surface area contributed by atoms with Gasteiger partial charge in [0.1, 0.15) is 5.82 Å². The second-order valence-electron chi connectivity index (χ2n) is 6.42. The first kappa shape index (κ1) is 19.2.